The zero-order chi connectivity index (χ0) is 16.1. The van der Waals surface area contributed by atoms with Crippen LogP contribution < -0.4 is 5.32 Å². The third-order valence-corrected chi connectivity index (χ3v) is 3.10. The van der Waals surface area contributed by atoms with Crippen LogP contribution in [0.5, 0.6) is 0 Å². The summed E-state index contributed by atoms with van der Waals surface area (Å²) in [4.78, 5) is 18.6. The Hall–Kier alpha value is -2.90. The smallest absolute Gasteiger partial charge is 0.269 e. The van der Waals surface area contributed by atoms with E-state index in [4.69, 9.17) is 4.74 Å². The van der Waals surface area contributed by atoms with Crippen molar-refractivity contribution in [3.8, 4) is 0 Å². The molecular formula is C14H17N5O3. The SMILES string of the molecule is CN=C(OCc1ccc([N+](=O)[O-])cc1)c1ncn(C)c1NC. The van der Waals surface area contributed by atoms with Gasteiger partial charge < -0.3 is 14.6 Å². The molecule has 0 atom stereocenters. The Labute approximate surface area is 127 Å². The molecule has 2 aromatic rings. The van der Waals surface area contributed by atoms with Crippen LogP contribution in [0.1, 0.15) is 11.3 Å². The average molecular weight is 303 g/mol. The van der Waals surface area contributed by atoms with E-state index in [0.29, 0.717) is 11.6 Å². The largest absolute Gasteiger partial charge is 0.471 e. The molecule has 8 nitrogen and oxygen atoms in total. The number of aliphatic imine (C=N–C) groups is 1. The standard InChI is InChI=1S/C14H17N5O3/c1-15-13-12(17-9-18(13)3)14(16-2)22-8-10-4-6-11(7-5-10)19(20)21/h4-7,9,15H,8H2,1-3H3. The monoisotopic (exact) mass is 303 g/mol. The highest BCUT2D eigenvalue weighted by Gasteiger charge is 2.15. The number of aryl methyl sites for hydroxylation is 1. The van der Waals surface area contributed by atoms with Gasteiger partial charge in [0.1, 0.15) is 12.4 Å². The van der Waals surface area contributed by atoms with Crippen molar-refractivity contribution in [3.05, 3.63) is 52.0 Å². The number of imidazole rings is 1. The molecule has 22 heavy (non-hydrogen) atoms. The third-order valence-electron chi connectivity index (χ3n) is 3.10. The number of aromatic nitrogens is 2. The van der Waals surface area contributed by atoms with Gasteiger partial charge in [-0.3, -0.25) is 15.1 Å². The zero-order valence-electron chi connectivity index (χ0n) is 12.6. The molecular weight excluding hydrogens is 286 g/mol. The quantitative estimate of drug-likeness (QED) is 0.394. The molecule has 0 aliphatic rings. The molecule has 0 unspecified atom stereocenters. The van der Waals surface area contributed by atoms with Gasteiger partial charge in [0.15, 0.2) is 5.69 Å². The summed E-state index contributed by atoms with van der Waals surface area (Å²) < 4.78 is 7.51. The van der Waals surface area contributed by atoms with Crippen LogP contribution in [-0.2, 0) is 18.4 Å². The Kier molecular flexibility index (Phi) is 4.72. The number of anilines is 1. The molecule has 1 aromatic carbocycles. The minimum absolute atomic E-state index is 0.0512. The lowest BCUT2D eigenvalue weighted by Gasteiger charge is -2.09. The molecule has 0 amide bonds. The van der Waals surface area contributed by atoms with E-state index in [2.05, 4.69) is 15.3 Å². The zero-order valence-corrected chi connectivity index (χ0v) is 12.6. The predicted octanol–water partition coefficient (Wildman–Crippen LogP) is 1.96. The summed E-state index contributed by atoms with van der Waals surface area (Å²) in [6.07, 6.45) is 1.67. The Morgan fingerprint density at radius 1 is 1.45 bits per heavy atom. The maximum Gasteiger partial charge on any atom is 0.269 e. The van der Waals surface area contributed by atoms with Crippen molar-refractivity contribution in [1.29, 1.82) is 0 Å². The second kappa shape index (κ2) is 6.70. The summed E-state index contributed by atoms with van der Waals surface area (Å²) in [5.41, 5.74) is 1.48. The summed E-state index contributed by atoms with van der Waals surface area (Å²) >= 11 is 0. The van der Waals surface area contributed by atoms with Crippen LogP contribution in [0.25, 0.3) is 0 Å². The molecule has 0 saturated heterocycles. The van der Waals surface area contributed by atoms with Gasteiger partial charge in [0.05, 0.1) is 11.3 Å². The second-order valence-corrected chi connectivity index (χ2v) is 4.54. The number of nitro groups is 1. The number of hydrogen-bond donors (Lipinski definition) is 1. The van der Waals surface area contributed by atoms with Crippen LogP contribution in [0.4, 0.5) is 11.5 Å². The van der Waals surface area contributed by atoms with Crippen LogP contribution in [0.2, 0.25) is 0 Å². The topological polar surface area (TPSA) is 94.6 Å². The Morgan fingerprint density at radius 3 is 2.68 bits per heavy atom. The Bertz CT molecular complexity index is 691. The predicted molar refractivity (Wildman–Crippen MR) is 83.1 cm³/mol. The average Bonchev–Trinajstić information content (AvgIpc) is 2.89. The molecule has 0 aliphatic heterocycles. The van der Waals surface area contributed by atoms with Gasteiger partial charge in [-0.25, -0.2) is 4.98 Å². The van der Waals surface area contributed by atoms with Gasteiger partial charge in [-0.05, 0) is 17.7 Å². The van der Waals surface area contributed by atoms with Crippen LogP contribution in [0.15, 0.2) is 35.6 Å². The fourth-order valence-electron chi connectivity index (χ4n) is 1.99. The number of nitrogens with one attached hydrogen (secondary N) is 1. The van der Waals surface area contributed by atoms with E-state index in [-0.39, 0.29) is 12.3 Å². The molecule has 1 aromatic heterocycles. The number of rotatable bonds is 5. The minimum atomic E-state index is -0.434. The van der Waals surface area contributed by atoms with E-state index in [9.17, 15) is 10.1 Å². The van der Waals surface area contributed by atoms with E-state index in [1.165, 1.54) is 12.1 Å². The van der Waals surface area contributed by atoms with Crippen molar-refractivity contribution in [1.82, 2.24) is 9.55 Å². The molecule has 116 valence electrons. The fraction of sp³-hybridized carbons (Fsp3) is 0.286. The lowest BCUT2D eigenvalue weighted by Crippen LogP contribution is -2.11. The molecule has 0 aliphatic carbocycles. The van der Waals surface area contributed by atoms with E-state index < -0.39 is 4.92 Å². The Morgan fingerprint density at radius 2 is 2.14 bits per heavy atom. The van der Waals surface area contributed by atoms with Gasteiger partial charge >= 0.3 is 0 Å². The van der Waals surface area contributed by atoms with Gasteiger partial charge in [-0.2, -0.15) is 0 Å². The van der Waals surface area contributed by atoms with Gasteiger partial charge in [-0.15, -0.1) is 0 Å². The first kappa shape index (κ1) is 15.5. The first-order chi connectivity index (χ1) is 10.6. The Balaban J connectivity index is 2.10. The van der Waals surface area contributed by atoms with Crippen LogP contribution >= 0.6 is 0 Å². The molecule has 1 heterocycles. The van der Waals surface area contributed by atoms with Crippen LogP contribution in [0, 0.1) is 10.1 Å². The van der Waals surface area contributed by atoms with Gasteiger partial charge in [0.25, 0.3) is 5.69 Å². The first-order valence-corrected chi connectivity index (χ1v) is 6.59. The van der Waals surface area contributed by atoms with Gasteiger partial charge in [-0.1, -0.05) is 0 Å². The van der Waals surface area contributed by atoms with Crippen molar-refractivity contribution in [3.63, 3.8) is 0 Å². The lowest BCUT2D eigenvalue weighted by molar-refractivity contribution is -0.384. The molecule has 0 bridgehead atoms. The highest BCUT2D eigenvalue weighted by atomic mass is 16.6. The molecule has 0 saturated carbocycles. The third kappa shape index (κ3) is 3.22. The number of nitro benzene ring substituents is 1. The normalized spacial score (nSPS) is 11.3. The maximum atomic E-state index is 10.6. The summed E-state index contributed by atoms with van der Waals surface area (Å²) in [6, 6.07) is 6.20. The summed E-state index contributed by atoms with van der Waals surface area (Å²) in [5.74, 6) is 1.20. The van der Waals surface area contributed by atoms with E-state index in [1.54, 1.807) is 32.6 Å². The first-order valence-electron chi connectivity index (χ1n) is 6.59. The molecule has 0 fully saturated rings. The summed E-state index contributed by atoms with van der Waals surface area (Å²) in [6.45, 7) is 0.254. The molecule has 1 N–H and O–H groups in total. The molecule has 0 spiro atoms. The fourth-order valence-corrected chi connectivity index (χ4v) is 1.99. The number of benzene rings is 1. The number of hydrogen-bond acceptors (Lipinski definition) is 6. The van der Waals surface area contributed by atoms with Crippen LogP contribution in [0.3, 0.4) is 0 Å². The molecule has 2 rings (SSSR count). The second-order valence-electron chi connectivity index (χ2n) is 4.54. The number of ether oxygens (including phenoxy) is 1. The van der Waals surface area contributed by atoms with Crippen molar-refractivity contribution >= 4 is 17.4 Å². The lowest BCUT2D eigenvalue weighted by atomic mass is 10.2. The number of non-ortho nitro benzene ring substituents is 1. The van der Waals surface area contributed by atoms with E-state index >= 15 is 0 Å². The highest BCUT2D eigenvalue weighted by molar-refractivity contribution is 5.96. The van der Waals surface area contributed by atoms with Crippen molar-refractivity contribution < 1.29 is 9.66 Å². The molecule has 0 radical (unpaired) electrons. The minimum Gasteiger partial charge on any atom is -0.471 e. The molecule has 8 heteroatoms. The van der Waals surface area contributed by atoms with Crippen LogP contribution in [-0.4, -0.2) is 34.5 Å². The van der Waals surface area contributed by atoms with Crippen molar-refractivity contribution in [2.45, 2.75) is 6.61 Å². The highest BCUT2D eigenvalue weighted by Crippen LogP contribution is 2.16. The summed E-state index contributed by atoms with van der Waals surface area (Å²) in [7, 11) is 5.29. The van der Waals surface area contributed by atoms with Crippen molar-refractivity contribution in [2.75, 3.05) is 19.4 Å². The van der Waals surface area contributed by atoms with E-state index in [1.807, 2.05) is 11.6 Å². The van der Waals surface area contributed by atoms with Crippen molar-refractivity contribution in [2.24, 2.45) is 12.0 Å². The summed E-state index contributed by atoms with van der Waals surface area (Å²) in [5, 5.41) is 13.7. The van der Waals surface area contributed by atoms with Gasteiger partial charge in [0.2, 0.25) is 5.90 Å². The number of nitrogens with zero attached hydrogens (tertiary/aromatic N) is 4. The van der Waals surface area contributed by atoms with E-state index in [0.717, 1.165) is 11.4 Å². The maximum absolute atomic E-state index is 10.6. The van der Waals surface area contributed by atoms with Gasteiger partial charge in [0, 0.05) is 33.3 Å².